The topological polar surface area (TPSA) is 20.5 Å². The number of hydrogen-bond donors (Lipinski definition) is 0. The summed E-state index contributed by atoms with van der Waals surface area (Å²) in [5.41, 5.74) is 2.29. The van der Waals surface area contributed by atoms with Crippen LogP contribution in [0.2, 0.25) is 0 Å². The van der Waals surface area contributed by atoms with Crippen molar-refractivity contribution in [2.45, 2.75) is 12.8 Å². The molecule has 0 N–H and O–H groups in total. The number of hydrogen-bond acceptors (Lipinski definition) is 2. The SMILES string of the molecule is CN1CCC(Cc2cn3ccccc3n2)C1. The molecule has 0 bridgehead atoms. The monoisotopic (exact) mass is 215 g/mol. The highest BCUT2D eigenvalue weighted by atomic mass is 15.1. The molecule has 2 aromatic rings. The zero-order valence-corrected chi connectivity index (χ0v) is 9.63. The first kappa shape index (κ1) is 9.85. The van der Waals surface area contributed by atoms with Crippen LogP contribution in [0.3, 0.4) is 0 Å². The van der Waals surface area contributed by atoms with E-state index >= 15 is 0 Å². The van der Waals surface area contributed by atoms with Gasteiger partial charge in [-0.05, 0) is 44.5 Å². The Labute approximate surface area is 95.7 Å². The van der Waals surface area contributed by atoms with Gasteiger partial charge in [0.05, 0.1) is 5.69 Å². The second kappa shape index (κ2) is 3.91. The molecule has 3 heterocycles. The highest BCUT2D eigenvalue weighted by molar-refractivity contribution is 5.39. The van der Waals surface area contributed by atoms with E-state index in [0.717, 1.165) is 18.0 Å². The van der Waals surface area contributed by atoms with Gasteiger partial charge < -0.3 is 9.30 Å². The second-order valence-corrected chi connectivity index (χ2v) is 4.82. The quantitative estimate of drug-likeness (QED) is 0.762. The first-order valence-corrected chi connectivity index (χ1v) is 5.92. The summed E-state index contributed by atoms with van der Waals surface area (Å²) in [5.74, 6) is 0.787. The van der Waals surface area contributed by atoms with Crippen molar-refractivity contribution in [3.63, 3.8) is 0 Å². The highest BCUT2D eigenvalue weighted by Crippen LogP contribution is 2.19. The first-order valence-electron chi connectivity index (χ1n) is 5.92. The molecule has 3 nitrogen and oxygen atoms in total. The Morgan fingerprint density at radius 2 is 2.38 bits per heavy atom. The van der Waals surface area contributed by atoms with Crippen molar-refractivity contribution < 1.29 is 0 Å². The van der Waals surface area contributed by atoms with E-state index in [9.17, 15) is 0 Å². The number of pyridine rings is 1. The fourth-order valence-electron chi connectivity index (χ4n) is 2.57. The Kier molecular flexibility index (Phi) is 2.40. The van der Waals surface area contributed by atoms with E-state index in [4.69, 9.17) is 0 Å². The third-order valence-electron chi connectivity index (χ3n) is 3.40. The zero-order valence-electron chi connectivity index (χ0n) is 9.63. The van der Waals surface area contributed by atoms with E-state index in [1.54, 1.807) is 0 Å². The summed E-state index contributed by atoms with van der Waals surface area (Å²) in [6.07, 6.45) is 6.65. The van der Waals surface area contributed by atoms with Gasteiger partial charge in [0.1, 0.15) is 5.65 Å². The molecule has 1 saturated heterocycles. The largest absolute Gasteiger partial charge is 0.307 e. The summed E-state index contributed by atoms with van der Waals surface area (Å²) in [6.45, 7) is 2.45. The Morgan fingerprint density at radius 1 is 1.44 bits per heavy atom. The summed E-state index contributed by atoms with van der Waals surface area (Å²) in [5, 5.41) is 0. The lowest BCUT2D eigenvalue weighted by atomic mass is 10.0. The van der Waals surface area contributed by atoms with Crippen LogP contribution < -0.4 is 0 Å². The van der Waals surface area contributed by atoms with Crippen molar-refractivity contribution in [1.82, 2.24) is 14.3 Å². The van der Waals surface area contributed by atoms with Gasteiger partial charge >= 0.3 is 0 Å². The number of aromatic nitrogens is 2. The lowest BCUT2D eigenvalue weighted by Gasteiger charge is -2.07. The van der Waals surface area contributed by atoms with E-state index in [1.807, 2.05) is 12.1 Å². The third kappa shape index (κ3) is 1.83. The molecule has 0 saturated carbocycles. The van der Waals surface area contributed by atoms with Crippen LogP contribution >= 0.6 is 0 Å². The number of nitrogens with zero attached hydrogens (tertiary/aromatic N) is 3. The highest BCUT2D eigenvalue weighted by Gasteiger charge is 2.20. The van der Waals surface area contributed by atoms with Gasteiger partial charge in [-0.3, -0.25) is 0 Å². The van der Waals surface area contributed by atoms with E-state index < -0.39 is 0 Å². The molecule has 0 amide bonds. The predicted octanol–water partition coefficient (Wildman–Crippen LogP) is 1.83. The van der Waals surface area contributed by atoms with Crippen molar-refractivity contribution in [2.24, 2.45) is 5.92 Å². The maximum Gasteiger partial charge on any atom is 0.136 e. The molecular formula is C13H17N3. The van der Waals surface area contributed by atoms with E-state index in [1.165, 1.54) is 25.2 Å². The van der Waals surface area contributed by atoms with Crippen LogP contribution in [0.25, 0.3) is 5.65 Å². The molecule has 0 spiro atoms. The lowest BCUT2D eigenvalue weighted by molar-refractivity contribution is 0.394. The molecule has 0 aliphatic carbocycles. The number of rotatable bonds is 2. The fourth-order valence-corrected chi connectivity index (χ4v) is 2.57. The average molecular weight is 215 g/mol. The molecule has 0 aromatic carbocycles. The van der Waals surface area contributed by atoms with Crippen molar-refractivity contribution in [1.29, 1.82) is 0 Å². The number of imidazole rings is 1. The summed E-state index contributed by atoms with van der Waals surface area (Å²) in [6, 6.07) is 6.14. The van der Waals surface area contributed by atoms with Crippen molar-refractivity contribution in [3.05, 3.63) is 36.3 Å². The zero-order chi connectivity index (χ0) is 11.0. The van der Waals surface area contributed by atoms with Crippen molar-refractivity contribution in [3.8, 4) is 0 Å². The van der Waals surface area contributed by atoms with E-state index in [0.29, 0.717) is 0 Å². The molecule has 16 heavy (non-hydrogen) atoms. The Bertz CT molecular complexity index is 456. The maximum atomic E-state index is 4.65. The Balaban J connectivity index is 1.79. The smallest absolute Gasteiger partial charge is 0.136 e. The summed E-state index contributed by atoms with van der Waals surface area (Å²) >= 11 is 0. The molecule has 1 aliphatic rings. The van der Waals surface area contributed by atoms with Gasteiger partial charge in [0.2, 0.25) is 0 Å². The molecule has 2 aromatic heterocycles. The molecule has 84 valence electrons. The summed E-state index contributed by atoms with van der Waals surface area (Å²) in [7, 11) is 2.20. The Hall–Kier alpha value is -1.35. The van der Waals surface area contributed by atoms with Crippen molar-refractivity contribution >= 4 is 5.65 Å². The molecule has 1 fully saturated rings. The molecule has 3 rings (SSSR count). The van der Waals surface area contributed by atoms with Gasteiger partial charge in [-0.15, -0.1) is 0 Å². The molecule has 1 unspecified atom stereocenters. The predicted molar refractivity (Wildman–Crippen MR) is 64.5 cm³/mol. The van der Waals surface area contributed by atoms with Gasteiger partial charge in [0, 0.05) is 18.9 Å². The maximum absolute atomic E-state index is 4.65. The van der Waals surface area contributed by atoms with Crippen LogP contribution in [0.1, 0.15) is 12.1 Å². The van der Waals surface area contributed by atoms with Crippen molar-refractivity contribution in [2.75, 3.05) is 20.1 Å². The van der Waals surface area contributed by atoms with E-state index in [-0.39, 0.29) is 0 Å². The van der Waals surface area contributed by atoms with Gasteiger partial charge in [-0.25, -0.2) is 4.98 Å². The van der Waals surface area contributed by atoms with Crippen LogP contribution in [0.4, 0.5) is 0 Å². The van der Waals surface area contributed by atoms with Crippen LogP contribution in [0.5, 0.6) is 0 Å². The molecule has 3 heteroatoms. The van der Waals surface area contributed by atoms with Gasteiger partial charge in [-0.2, -0.15) is 0 Å². The standard InChI is InChI=1S/C13H17N3/c1-15-7-5-11(9-15)8-12-10-16-6-3-2-4-13(16)14-12/h2-4,6,10-11H,5,7-9H2,1H3. The minimum atomic E-state index is 0.787. The van der Waals surface area contributed by atoms with Gasteiger partial charge in [-0.1, -0.05) is 6.07 Å². The number of likely N-dealkylation sites (tertiary alicyclic amines) is 1. The third-order valence-corrected chi connectivity index (χ3v) is 3.40. The lowest BCUT2D eigenvalue weighted by Crippen LogP contribution is -2.15. The second-order valence-electron chi connectivity index (χ2n) is 4.82. The van der Waals surface area contributed by atoms with Gasteiger partial charge in [0.25, 0.3) is 0 Å². The fraction of sp³-hybridized carbons (Fsp3) is 0.462. The number of fused-ring (bicyclic) bond motifs is 1. The normalized spacial score (nSPS) is 21.9. The summed E-state index contributed by atoms with van der Waals surface area (Å²) < 4.78 is 2.11. The summed E-state index contributed by atoms with van der Waals surface area (Å²) in [4.78, 5) is 7.05. The van der Waals surface area contributed by atoms with Gasteiger partial charge in [0.15, 0.2) is 0 Å². The molecule has 1 aliphatic heterocycles. The Morgan fingerprint density at radius 3 is 3.12 bits per heavy atom. The minimum Gasteiger partial charge on any atom is -0.307 e. The molecule has 0 radical (unpaired) electrons. The van der Waals surface area contributed by atoms with Crippen LogP contribution in [0, 0.1) is 5.92 Å². The van der Waals surface area contributed by atoms with Crippen LogP contribution in [-0.2, 0) is 6.42 Å². The molecule has 1 atom stereocenters. The average Bonchev–Trinajstić information content (AvgIpc) is 2.84. The van der Waals surface area contributed by atoms with E-state index in [2.05, 4.69) is 39.8 Å². The molecular weight excluding hydrogens is 198 g/mol. The van der Waals surface area contributed by atoms with Crippen LogP contribution in [-0.4, -0.2) is 34.4 Å². The van der Waals surface area contributed by atoms with Crippen LogP contribution in [0.15, 0.2) is 30.6 Å². The first-order chi connectivity index (χ1) is 7.81. The minimum absolute atomic E-state index is 0.787.